The lowest BCUT2D eigenvalue weighted by Gasteiger charge is -2.16. The highest BCUT2D eigenvalue weighted by Gasteiger charge is 2.25. The van der Waals surface area contributed by atoms with E-state index in [1.54, 1.807) is 41.0 Å². The van der Waals surface area contributed by atoms with Crippen molar-refractivity contribution < 1.29 is 22.6 Å². The summed E-state index contributed by atoms with van der Waals surface area (Å²) in [6, 6.07) is 12.0. The topological polar surface area (TPSA) is 156 Å². The molecule has 14 heteroatoms. The Bertz CT molecular complexity index is 1670. The number of methoxy groups -OCH3 is 3. The first-order valence-corrected chi connectivity index (χ1v) is 12.2. The summed E-state index contributed by atoms with van der Waals surface area (Å²) >= 11 is 0. The Kier molecular flexibility index (Phi) is 6.23. The Labute approximate surface area is 211 Å². The molecule has 37 heavy (non-hydrogen) atoms. The zero-order chi connectivity index (χ0) is 26.0. The summed E-state index contributed by atoms with van der Waals surface area (Å²) in [5.41, 5.74) is 1.37. The molecule has 1 aromatic carbocycles. The molecule has 0 fully saturated rings. The molecule has 0 radical (unpaired) electrons. The van der Waals surface area contributed by atoms with Crippen LogP contribution in [0, 0.1) is 0 Å². The number of imidazole rings is 1. The monoisotopic (exact) mass is 520 g/mol. The van der Waals surface area contributed by atoms with Gasteiger partial charge in [0.15, 0.2) is 22.9 Å². The van der Waals surface area contributed by atoms with Gasteiger partial charge in [0.1, 0.15) is 22.9 Å². The van der Waals surface area contributed by atoms with Gasteiger partial charge in [-0.3, -0.25) is 9.29 Å². The molecule has 0 aliphatic heterocycles. The minimum absolute atomic E-state index is 0.0693. The van der Waals surface area contributed by atoms with Crippen molar-refractivity contribution in [3.05, 3.63) is 61.1 Å². The number of sulfonamides is 1. The zero-order valence-corrected chi connectivity index (χ0v) is 20.7. The van der Waals surface area contributed by atoms with E-state index in [4.69, 9.17) is 14.2 Å². The molecule has 0 atom stereocenters. The normalized spacial score (nSPS) is 11.3. The molecule has 0 spiro atoms. The van der Waals surface area contributed by atoms with Crippen LogP contribution in [0.15, 0.2) is 66.2 Å². The van der Waals surface area contributed by atoms with Crippen LogP contribution in [0.2, 0.25) is 0 Å². The van der Waals surface area contributed by atoms with Gasteiger partial charge in [0, 0.05) is 18.5 Å². The highest BCUT2D eigenvalue weighted by atomic mass is 32.2. The lowest BCUT2D eigenvalue weighted by Crippen LogP contribution is -2.17. The molecule has 0 bridgehead atoms. The summed E-state index contributed by atoms with van der Waals surface area (Å²) in [4.78, 5) is 25.6. The smallest absolute Gasteiger partial charge is 0.298 e. The second-order valence-electron chi connectivity index (χ2n) is 7.39. The van der Waals surface area contributed by atoms with E-state index in [9.17, 15) is 8.42 Å². The number of anilines is 1. The SMILES string of the molecule is COc1cccc(-c2nc3ncc(NS(=O)(=O)c4ncccn4)nc3n2-c2c(OC)cccc2OC)n1. The third-order valence-electron chi connectivity index (χ3n) is 5.18. The molecule has 0 amide bonds. The van der Waals surface area contributed by atoms with E-state index in [1.165, 1.54) is 46.0 Å². The number of rotatable bonds is 8. The van der Waals surface area contributed by atoms with Gasteiger partial charge in [-0.2, -0.15) is 8.42 Å². The van der Waals surface area contributed by atoms with Crippen LogP contribution in [0.1, 0.15) is 0 Å². The van der Waals surface area contributed by atoms with Gasteiger partial charge in [0.2, 0.25) is 5.88 Å². The number of benzene rings is 1. The van der Waals surface area contributed by atoms with Crippen molar-refractivity contribution in [2.24, 2.45) is 0 Å². The largest absolute Gasteiger partial charge is 0.494 e. The highest BCUT2D eigenvalue weighted by Crippen LogP contribution is 2.38. The fraction of sp³-hybridized carbons (Fsp3) is 0.130. The van der Waals surface area contributed by atoms with Gasteiger partial charge in [-0.25, -0.2) is 29.9 Å². The van der Waals surface area contributed by atoms with Gasteiger partial charge in [0.05, 0.1) is 27.5 Å². The predicted octanol–water partition coefficient (Wildman–Crippen LogP) is 2.49. The molecule has 1 N–H and O–H groups in total. The average Bonchev–Trinajstić information content (AvgIpc) is 3.31. The van der Waals surface area contributed by atoms with Crippen LogP contribution in [0.3, 0.4) is 0 Å². The molecular formula is C23H20N8O5S. The van der Waals surface area contributed by atoms with Crippen LogP contribution in [0.4, 0.5) is 5.82 Å². The van der Waals surface area contributed by atoms with Crippen molar-refractivity contribution in [2.45, 2.75) is 5.16 Å². The Morgan fingerprint density at radius 2 is 1.51 bits per heavy atom. The molecule has 188 valence electrons. The van der Waals surface area contributed by atoms with E-state index >= 15 is 0 Å². The molecule has 0 aliphatic rings. The Balaban J connectivity index is 1.76. The lowest BCUT2D eigenvalue weighted by molar-refractivity contribution is 0.391. The summed E-state index contributed by atoms with van der Waals surface area (Å²) < 4.78 is 46.1. The molecule has 5 aromatic rings. The molecule has 0 saturated carbocycles. The molecular weight excluding hydrogens is 500 g/mol. The first-order valence-electron chi connectivity index (χ1n) is 10.7. The van der Waals surface area contributed by atoms with E-state index in [-0.39, 0.29) is 17.1 Å². The first-order chi connectivity index (χ1) is 17.9. The Morgan fingerprint density at radius 3 is 2.19 bits per heavy atom. The molecule has 4 aromatic heterocycles. The number of nitrogens with zero attached hydrogens (tertiary/aromatic N) is 7. The second-order valence-corrected chi connectivity index (χ2v) is 8.96. The van der Waals surface area contributed by atoms with Crippen LogP contribution in [0.25, 0.3) is 28.5 Å². The maximum atomic E-state index is 12.8. The molecule has 0 saturated heterocycles. The number of nitrogens with one attached hydrogen (secondary N) is 1. The van der Waals surface area contributed by atoms with E-state index in [0.717, 1.165) is 0 Å². The van der Waals surface area contributed by atoms with Gasteiger partial charge in [0.25, 0.3) is 15.2 Å². The maximum absolute atomic E-state index is 12.8. The molecule has 0 aliphatic carbocycles. The number of fused-ring (bicyclic) bond motifs is 1. The van der Waals surface area contributed by atoms with E-state index in [2.05, 4.69) is 34.6 Å². The van der Waals surface area contributed by atoms with Crippen LogP contribution >= 0.6 is 0 Å². The van der Waals surface area contributed by atoms with E-state index in [1.807, 2.05) is 0 Å². The molecule has 13 nitrogen and oxygen atoms in total. The quantitative estimate of drug-likeness (QED) is 0.300. The van der Waals surface area contributed by atoms with Gasteiger partial charge >= 0.3 is 0 Å². The van der Waals surface area contributed by atoms with E-state index < -0.39 is 15.2 Å². The standard InChI is InChI=1S/C23H20N8O5S/c1-34-15-8-5-9-16(35-2)19(15)31-21(14-7-4-10-18(27-14)36-3)29-20-22(31)28-17(13-26-20)30-37(32,33)23-24-11-6-12-25-23/h4-13H,1-3H3,(H,28,30). The molecule has 4 heterocycles. The number of hydrogen-bond acceptors (Lipinski definition) is 11. The van der Waals surface area contributed by atoms with Gasteiger partial charge in [-0.15, -0.1) is 0 Å². The van der Waals surface area contributed by atoms with Gasteiger partial charge in [-0.1, -0.05) is 12.1 Å². The fourth-order valence-corrected chi connectivity index (χ4v) is 4.46. The summed E-state index contributed by atoms with van der Waals surface area (Å²) in [6.45, 7) is 0. The number of pyridine rings is 1. The zero-order valence-electron chi connectivity index (χ0n) is 19.9. The van der Waals surface area contributed by atoms with E-state index in [0.29, 0.717) is 34.6 Å². The number of para-hydroxylation sites is 1. The van der Waals surface area contributed by atoms with Crippen LogP contribution in [-0.2, 0) is 10.0 Å². The lowest BCUT2D eigenvalue weighted by atomic mass is 10.2. The van der Waals surface area contributed by atoms with Crippen molar-refractivity contribution in [1.29, 1.82) is 0 Å². The predicted molar refractivity (Wildman–Crippen MR) is 132 cm³/mol. The fourth-order valence-electron chi connectivity index (χ4n) is 3.60. The summed E-state index contributed by atoms with van der Waals surface area (Å²) in [6.07, 6.45) is 3.90. The average molecular weight is 521 g/mol. The van der Waals surface area contributed by atoms with Gasteiger partial charge in [-0.05, 0) is 24.3 Å². The Hall–Kier alpha value is -4.85. The molecule has 0 unspecified atom stereocenters. The number of ether oxygens (including phenoxy) is 3. The maximum Gasteiger partial charge on any atom is 0.298 e. The summed E-state index contributed by atoms with van der Waals surface area (Å²) in [5, 5.41) is -0.405. The van der Waals surface area contributed by atoms with Crippen molar-refractivity contribution in [3.63, 3.8) is 0 Å². The minimum atomic E-state index is -4.12. The third kappa shape index (κ3) is 4.45. The summed E-state index contributed by atoms with van der Waals surface area (Å²) in [7, 11) is 0.428. The third-order valence-corrected chi connectivity index (χ3v) is 6.35. The van der Waals surface area contributed by atoms with Crippen LogP contribution < -0.4 is 18.9 Å². The number of aromatic nitrogens is 7. The number of hydrogen-bond donors (Lipinski definition) is 1. The molecule has 5 rings (SSSR count). The van der Waals surface area contributed by atoms with Crippen LogP contribution in [0.5, 0.6) is 17.4 Å². The summed E-state index contributed by atoms with van der Waals surface area (Å²) in [5.74, 6) is 1.56. The van der Waals surface area contributed by atoms with Gasteiger partial charge < -0.3 is 14.2 Å². The second kappa shape index (κ2) is 9.66. The van der Waals surface area contributed by atoms with Crippen molar-refractivity contribution in [2.75, 3.05) is 26.1 Å². The van der Waals surface area contributed by atoms with Crippen molar-refractivity contribution in [3.8, 4) is 34.6 Å². The van der Waals surface area contributed by atoms with Crippen LogP contribution in [-0.4, -0.2) is 64.2 Å². The van der Waals surface area contributed by atoms with Crippen molar-refractivity contribution >= 4 is 27.1 Å². The van der Waals surface area contributed by atoms with Crippen molar-refractivity contribution in [1.82, 2.24) is 34.5 Å². The highest BCUT2D eigenvalue weighted by molar-refractivity contribution is 7.92. The minimum Gasteiger partial charge on any atom is -0.494 e. The Morgan fingerprint density at radius 1 is 0.811 bits per heavy atom. The first kappa shape index (κ1) is 23.9.